The van der Waals surface area contributed by atoms with Crippen LogP contribution in [-0.4, -0.2) is 48.8 Å². The van der Waals surface area contributed by atoms with Crippen LogP contribution in [0.1, 0.15) is 29.5 Å². The molecule has 0 amide bonds. The van der Waals surface area contributed by atoms with Gasteiger partial charge in [-0.15, -0.1) is 0 Å². The molecule has 0 aromatic heterocycles. The van der Waals surface area contributed by atoms with Crippen LogP contribution in [0, 0.1) is 6.92 Å². The van der Waals surface area contributed by atoms with E-state index in [-0.39, 0.29) is 11.5 Å². The molecular formula is C18H22NO3+. The minimum absolute atomic E-state index is 0.0168. The Kier molecular flexibility index (Phi) is 2.89. The van der Waals surface area contributed by atoms with Crippen molar-refractivity contribution >= 4 is 6.21 Å². The fourth-order valence-electron chi connectivity index (χ4n) is 4.13. The quantitative estimate of drug-likeness (QED) is 0.635. The first-order valence-electron chi connectivity index (χ1n) is 7.86. The zero-order valence-corrected chi connectivity index (χ0v) is 13.3. The van der Waals surface area contributed by atoms with Crippen LogP contribution < -0.4 is 9.47 Å². The second kappa shape index (κ2) is 4.59. The molecule has 0 bridgehead atoms. The monoisotopic (exact) mass is 300 g/mol. The van der Waals surface area contributed by atoms with Crippen LogP contribution in [0.2, 0.25) is 0 Å². The van der Waals surface area contributed by atoms with Crippen molar-refractivity contribution in [2.45, 2.75) is 37.4 Å². The lowest BCUT2D eigenvalue weighted by Crippen LogP contribution is -2.42. The van der Waals surface area contributed by atoms with E-state index in [0.717, 1.165) is 24.5 Å². The van der Waals surface area contributed by atoms with Crippen LogP contribution in [0.5, 0.6) is 11.5 Å². The van der Waals surface area contributed by atoms with Gasteiger partial charge in [0.25, 0.3) is 0 Å². The van der Waals surface area contributed by atoms with E-state index in [1.54, 1.807) is 7.11 Å². The van der Waals surface area contributed by atoms with Gasteiger partial charge >= 0.3 is 0 Å². The zero-order chi connectivity index (χ0) is 15.5. The maximum Gasteiger partial charge on any atom is 0.171 e. The number of ether oxygens (including phenoxy) is 2. The van der Waals surface area contributed by atoms with Crippen molar-refractivity contribution in [3.8, 4) is 11.5 Å². The molecule has 3 atom stereocenters. The summed E-state index contributed by atoms with van der Waals surface area (Å²) >= 11 is 0. The van der Waals surface area contributed by atoms with Crippen molar-refractivity contribution in [3.63, 3.8) is 0 Å². The molecule has 116 valence electrons. The van der Waals surface area contributed by atoms with Crippen LogP contribution in [0.4, 0.5) is 0 Å². The predicted molar refractivity (Wildman–Crippen MR) is 84.4 cm³/mol. The van der Waals surface area contributed by atoms with E-state index >= 15 is 0 Å². The summed E-state index contributed by atoms with van der Waals surface area (Å²) in [6, 6.07) is 2.05. The molecule has 0 unspecified atom stereocenters. The van der Waals surface area contributed by atoms with Gasteiger partial charge in [-0.2, -0.15) is 0 Å². The van der Waals surface area contributed by atoms with Gasteiger partial charge in [0.1, 0.15) is 19.7 Å². The molecule has 4 heteroatoms. The van der Waals surface area contributed by atoms with E-state index in [9.17, 15) is 5.11 Å². The van der Waals surface area contributed by atoms with E-state index in [4.69, 9.17) is 9.47 Å². The molecule has 0 radical (unpaired) electrons. The highest BCUT2D eigenvalue weighted by molar-refractivity contribution is 5.85. The molecule has 4 nitrogen and oxygen atoms in total. The summed E-state index contributed by atoms with van der Waals surface area (Å²) in [6.45, 7) is 3.09. The largest absolute Gasteiger partial charge is 0.493 e. The second-order valence-corrected chi connectivity index (χ2v) is 6.68. The Morgan fingerprint density at radius 1 is 1.45 bits per heavy atom. The molecule has 22 heavy (non-hydrogen) atoms. The highest BCUT2D eigenvalue weighted by Crippen LogP contribution is 2.55. The maximum absolute atomic E-state index is 10.0. The first kappa shape index (κ1) is 13.8. The summed E-state index contributed by atoms with van der Waals surface area (Å²) in [5.74, 6) is 1.66. The number of hydrogen-bond acceptors (Lipinski definition) is 3. The first-order valence-corrected chi connectivity index (χ1v) is 7.86. The van der Waals surface area contributed by atoms with E-state index < -0.39 is 6.10 Å². The summed E-state index contributed by atoms with van der Waals surface area (Å²) < 4.78 is 14.1. The van der Waals surface area contributed by atoms with E-state index in [2.05, 4.69) is 36.9 Å². The summed E-state index contributed by atoms with van der Waals surface area (Å²) in [4.78, 5) is 0. The molecule has 4 rings (SSSR count). The molecular weight excluding hydrogens is 278 g/mol. The molecule has 3 aliphatic rings. The van der Waals surface area contributed by atoms with Gasteiger partial charge in [0.2, 0.25) is 0 Å². The van der Waals surface area contributed by atoms with E-state index in [1.807, 2.05) is 6.08 Å². The SMILES string of the molecule is COc1cc(C)c2c3c1O[C@H]1C[C@@H](O)C=C[C@@]31CC[N+](C)=C2. The first-order chi connectivity index (χ1) is 10.5. The summed E-state index contributed by atoms with van der Waals surface area (Å²) in [6.07, 6.45) is 7.50. The van der Waals surface area contributed by atoms with Crippen molar-refractivity contribution in [2.24, 2.45) is 0 Å². The fraction of sp³-hybridized carbons (Fsp3) is 0.500. The number of nitrogens with zero attached hydrogens (tertiary/aromatic N) is 1. The average Bonchev–Trinajstić information content (AvgIpc) is 2.74. The molecule has 1 aromatic rings. The summed E-state index contributed by atoms with van der Waals surface area (Å²) in [5, 5.41) is 10.0. The fourth-order valence-corrected chi connectivity index (χ4v) is 4.13. The standard InChI is InChI=1S/C18H22NO3/c1-11-8-14(21-3)17-16-13(11)10-19(2)7-6-18(16)5-4-12(20)9-15(18)22-17/h4-5,8,10,12,15,20H,6-7,9H2,1-3H3/q+1/t12-,15-,18-/m0/s1. The lowest BCUT2D eigenvalue weighted by Gasteiger charge is -2.34. The molecule has 2 aliphatic heterocycles. The van der Waals surface area contributed by atoms with Crippen molar-refractivity contribution < 1.29 is 19.2 Å². The van der Waals surface area contributed by atoms with Crippen LogP contribution in [0.3, 0.4) is 0 Å². The predicted octanol–water partition coefficient (Wildman–Crippen LogP) is 1.79. The van der Waals surface area contributed by atoms with Crippen molar-refractivity contribution in [1.29, 1.82) is 0 Å². The number of aryl methyl sites for hydroxylation is 1. The van der Waals surface area contributed by atoms with Crippen molar-refractivity contribution in [3.05, 3.63) is 34.9 Å². The third kappa shape index (κ3) is 1.70. The minimum atomic E-state index is -0.426. The highest BCUT2D eigenvalue weighted by Gasteiger charge is 2.53. The van der Waals surface area contributed by atoms with Crippen LogP contribution in [0.25, 0.3) is 0 Å². The van der Waals surface area contributed by atoms with Crippen LogP contribution in [0.15, 0.2) is 18.2 Å². The Morgan fingerprint density at radius 3 is 3.05 bits per heavy atom. The normalized spacial score (nSPS) is 31.7. The van der Waals surface area contributed by atoms with Crippen molar-refractivity contribution in [2.75, 3.05) is 20.7 Å². The molecule has 1 spiro atoms. The number of rotatable bonds is 1. The number of benzene rings is 1. The smallest absolute Gasteiger partial charge is 0.171 e. The van der Waals surface area contributed by atoms with E-state index in [1.165, 1.54) is 16.7 Å². The molecule has 1 aliphatic carbocycles. The van der Waals surface area contributed by atoms with Crippen LogP contribution in [-0.2, 0) is 5.41 Å². The Balaban J connectivity index is 2.03. The molecule has 2 heterocycles. The third-order valence-electron chi connectivity index (χ3n) is 5.31. The van der Waals surface area contributed by atoms with Gasteiger partial charge in [-0.3, -0.25) is 0 Å². The molecule has 0 saturated carbocycles. The number of aliphatic hydroxyl groups excluding tert-OH is 1. The van der Waals surface area contributed by atoms with Gasteiger partial charge in [-0.05, 0) is 18.6 Å². The second-order valence-electron chi connectivity index (χ2n) is 6.68. The topological polar surface area (TPSA) is 41.7 Å². The van der Waals surface area contributed by atoms with Crippen molar-refractivity contribution in [1.82, 2.24) is 0 Å². The maximum atomic E-state index is 10.0. The average molecular weight is 300 g/mol. The third-order valence-corrected chi connectivity index (χ3v) is 5.31. The number of methoxy groups -OCH3 is 1. The highest BCUT2D eigenvalue weighted by atomic mass is 16.5. The summed E-state index contributed by atoms with van der Waals surface area (Å²) in [7, 11) is 3.80. The Hall–Kier alpha value is -1.81. The minimum Gasteiger partial charge on any atom is -0.493 e. The Bertz CT molecular complexity index is 707. The van der Waals surface area contributed by atoms with Gasteiger partial charge in [-0.25, -0.2) is 4.58 Å². The summed E-state index contributed by atoms with van der Waals surface area (Å²) in [5.41, 5.74) is 3.53. The molecule has 1 aromatic carbocycles. The molecule has 1 N–H and O–H groups in total. The Morgan fingerprint density at radius 2 is 2.27 bits per heavy atom. The van der Waals surface area contributed by atoms with Gasteiger partial charge in [0.15, 0.2) is 17.7 Å². The lowest BCUT2D eigenvalue weighted by atomic mass is 9.68. The van der Waals surface area contributed by atoms with Gasteiger partial charge in [-0.1, -0.05) is 12.2 Å². The molecule has 0 saturated heterocycles. The van der Waals surface area contributed by atoms with Gasteiger partial charge in [0, 0.05) is 24.0 Å². The van der Waals surface area contributed by atoms with Crippen LogP contribution >= 0.6 is 0 Å². The Labute approximate surface area is 130 Å². The molecule has 0 fully saturated rings. The number of hydrogen-bond donors (Lipinski definition) is 1. The zero-order valence-electron chi connectivity index (χ0n) is 13.3. The van der Waals surface area contributed by atoms with Gasteiger partial charge in [0.05, 0.1) is 18.6 Å². The van der Waals surface area contributed by atoms with Gasteiger partial charge < -0.3 is 14.6 Å². The van der Waals surface area contributed by atoms with E-state index in [0.29, 0.717) is 6.42 Å². The lowest BCUT2D eigenvalue weighted by molar-refractivity contribution is -0.493. The number of aliphatic hydroxyl groups is 1.